The Bertz CT molecular complexity index is 469. The lowest BCUT2D eigenvalue weighted by Crippen LogP contribution is -2.35. The van der Waals surface area contributed by atoms with Crippen molar-refractivity contribution in [3.8, 4) is 0 Å². The summed E-state index contributed by atoms with van der Waals surface area (Å²) in [6.45, 7) is 9.07. The molecule has 1 aliphatic rings. The van der Waals surface area contributed by atoms with Crippen molar-refractivity contribution in [2.75, 3.05) is 38.0 Å². The van der Waals surface area contributed by atoms with E-state index in [9.17, 15) is 4.79 Å². The largest absolute Gasteiger partial charge is 0.384 e. The smallest absolute Gasteiger partial charge is 0.251 e. The molecule has 1 aromatic carbocycles. The van der Waals surface area contributed by atoms with E-state index in [0.717, 1.165) is 44.6 Å². The minimum Gasteiger partial charge on any atom is -0.384 e. The average Bonchev–Trinajstić information content (AvgIpc) is 2.93. The van der Waals surface area contributed by atoms with E-state index >= 15 is 0 Å². The van der Waals surface area contributed by atoms with Gasteiger partial charge >= 0.3 is 0 Å². The fraction of sp³-hybridized carbons (Fsp3) is 0.562. The van der Waals surface area contributed by atoms with Gasteiger partial charge in [-0.2, -0.15) is 0 Å². The number of rotatable bonds is 7. The highest BCUT2D eigenvalue weighted by Gasteiger charge is 2.13. The maximum atomic E-state index is 12.1. The summed E-state index contributed by atoms with van der Waals surface area (Å²) in [5.41, 5.74) is 3.19. The predicted octanol–water partition coefficient (Wildman–Crippen LogP) is 2.96. The number of amides is 1. The Kier molecular flexibility index (Phi) is 10.2. The first-order valence-corrected chi connectivity index (χ1v) is 7.62. The van der Waals surface area contributed by atoms with Crippen LogP contribution < -0.4 is 10.6 Å². The summed E-state index contributed by atoms with van der Waals surface area (Å²) in [6, 6.07) is 5.91. The van der Waals surface area contributed by atoms with Crippen LogP contribution >= 0.6 is 24.8 Å². The Morgan fingerprint density at radius 2 is 2.05 bits per heavy atom. The fourth-order valence-corrected chi connectivity index (χ4v) is 2.62. The van der Waals surface area contributed by atoms with Crippen LogP contribution in [-0.2, 0) is 6.42 Å². The molecule has 126 valence electrons. The van der Waals surface area contributed by atoms with Crippen LogP contribution in [0.3, 0.4) is 0 Å². The first-order valence-electron chi connectivity index (χ1n) is 7.62. The Balaban J connectivity index is 0.00000220. The fourth-order valence-electron chi connectivity index (χ4n) is 2.62. The topological polar surface area (TPSA) is 44.4 Å². The number of hydrogen-bond donors (Lipinski definition) is 2. The number of benzene rings is 1. The van der Waals surface area contributed by atoms with Gasteiger partial charge in [-0.1, -0.05) is 13.8 Å². The van der Waals surface area contributed by atoms with Crippen LogP contribution in [0.15, 0.2) is 18.2 Å². The Hall–Kier alpha value is -0.970. The zero-order chi connectivity index (χ0) is 14.4. The van der Waals surface area contributed by atoms with Crippen molar-refractivity contribution >= 4 is 36.4 Å². The molecule has 0 saturated heterocycles. The van der Waals surface area contributed by atoms with Crippen LogP contribution in [0.1, 0.15) is 36.2 Å². The number of likely N-dealkylation sites (N-methyl/N-ethyl adjacent to an activating group) is 1. The van der Waals surface area contributed by atoms with E-state index in [1.54, 1.807) is 0 Å². The van der Waals surface area contributed by atoms with Gasteiger partial charge in [0.05, 0.1) is 0 Å². The van der Waals surface area contributed by atoms with Crippen molar-refractivity contribution in [3.63, 3.8) is 0 Å². The molecule has 6 heteroatoms. The van der Waals surface area contributed by atoms with Gasteiger partial charge in [-0.15, -0.1) is 24.8 Å². The third kappa shape index (κ3) is 5.67. The SMILES string of the molecule is CCCN(CC)CCNC(=O)c1ccc2c(c1)CCN2.Cl.Cl. The summed E-state index contributed by atoms with van der Waals surface area (Å²) in [4.78, 5) is 14.5. The molecule has 0 spiro atoms. The number of carbonyl (C=O) groups excluding carboxylic acids is 1. The first-order chi connectivity index (χ1) is 9.74. The number of halogens is 2. The van der Waals surface area contributed by atoms with Gasteiger partial charge in [0.1, 0.15) is 0 Å². The Labute approximate surface area is 145 Å². The van der Waals surface area contributed by atoms with E-state index in [2.05, 4.69) is 29.4 Å². The molecule has 22 heavy (non-hydrogen) atoms. The minimum absolute atomic E-state index is 0. The number of fused-ring (bicyclic) bond motifs is 1. The molecule has 4 nitrogen and oxygen atoms in total. The van der Waals surface area contributed by atoms with Crippen molar-refractivity contribution < 1.29 is 4.79 Å². The number of nitrogens with zero attached hydrogens (tertiary/aromatic N) is 1. The summed E-state index contributed by atoms with van der Waals surface area (Å²) < 4.78 is 0. The molecule has 1 heterocycles. The third-order valence-corrected chi connectivity index (χ3v) is 3.78. The molecule has 1 amide bonds. The first kappa shape index (κ1) is 21.0. The van der Waals surface area contributed by atoms with Gasteiger partial charge < -0.3 is 15.5 Å². The van der Waals surface area contributed by atoms with E-state index in [0.29, 0.717) is 6.54 Å². The zero-order valence-electron chi connectivity index (χ0n) is 13.4. The standard InChI is InChI=1S/C16H25N3O.2ClH/c1-3-10-19(4-2)11-9-18-16(20)14-5-6-15-13(12-14)7-8-17-15;;/h5-6,12,17H,3-4,7-11H2,1-2H3,(H,18,20);2*1H. The zero-order valence-corrected chi connectivity index (χ0v) is 15.0. The molecular formula is C16H27Cl2N3O. The Morgan fingerprint density at radius 1 is 1.27 bits per heavy atom. The van der Waals surface area contributed by atoms with E-state index < -0.39 is 0 Å². The lowest BCUT2D eigenvalue weighted by atomic mass is 10.1. The van der Waals surface area contributed by atoms with E-state index in [1.165, 1.54) is 11.3 Å². The van der Waals surface area contributed by atoms with Crippen LogP contribution in [-0.4, -0.2) is 43.5 Å². The summed E-state index contributed by atoms with van der Waals surface area (Å²) in [6.07, 6.45) is 2.16. The molecular weight excluding hydrogens is 321 g/mol. The number of nitrogens with one attached hydrogen (secondary N) is 2. The van der Waals surface area contributed by atoms with Crippen LogP contribution in [0.5, 0.6) is 0 Å². The normalized spacial score (nSPS) is 12.0. The molecule has 1 aromatic rings. The predicted molar refractivity (Wildman–Crippen MR) is 97.9 cm³/mol. The second kappa shape index (κ2) is 10.7. The molecule has 0 unspecified atom stereocenters. The molecule has 1 aliphatic heterocycles. The van der Waals surface area contributed by atoms with Crippen molar-refractivity contribution in [1.82, 2.24) is 10.2 Å². The van der Waals surface area contributed by atoms with Crippen molar-refractivity contribution in [3.05, 3.63) is 29.3 Å². The van der Waals surface area contributed by atoms with E-state index in [-0.39, 0.29) is 30.7 Å². The summed E-state index contributed by atoms with van der Waals surface area (Å²) in [5.74, 6) is 0.0345. The summed E-state index contributed by atoms with van der Waals surface area (Å²) in [7, 11) is 0. The summed E-state index contributed by atoms with van der Waals surface area (Å²) in [5, 5.41) is 6.32. The van der Waals surface area contributed by atoms with Crippen LogP contribution in [0, 0.1) is 0 Å². The van der Waals surface area contributed by atoms with Gasteiger partial charge in [0, 0.05) is 30.9 Å². The molecule has 2 rings (SSSR count). The average molecular weight is 348 g/mol. The van der Waals surface area contributed by atoms with E-state index in [1.807, 2.05) is 18.2 Å². The Morgan fingerprint density at radius 3 is 2.73 bits per heavy atom. The van der Waals surface area contributed by atoms with Crippen molar-refractivity contribution in [2.45, 2.75) is 26.7 Å². The quantitative estimate of drug-likeness (QED) is 0.796. The van der Waals surface area contributed by atoms with Gasteiger partial charge in [0.25, 0.3) is 5.91 Å². The van der Waals surface area contributed by atoms with Gasteiger partial charge in [-0.25, -0.2) is 0 Å². The van der Waals surface area contributed by atoms with E-state index in [4.69, 9.17) is 0 Å². The highest BCUT2D eigenvalue weighted by atomic mass is 35.5. The monoisotopic (exact) mass is 347 g/mol. The highest BCUT2D eigenvalue weighted by molar-refractivity contribution is 5.95. The molecule has 0 bridgehead atoms. The molecule has 0 fully saturated rings. The molecule has 0 saturated carbocycles. The number of hydrogen-bond acceptors (Lipinski definition) is 3. The maximum absolute atomic E-state index is 12.1. The second-order valence-electron chi connectivity index (χ2n) is 5.24. The highest BCUT2D eigenvalue weighted by Crippen LogP contribution is 2.22. The van der Waals surface area contributed by atoms with Crippen molar-refractivity contribution in [1.29, 1.82) is 0 Å². The minimum atomic E-state index is 0. The second-order valence-corrected chi connectivity index (χ2v) is 5.24. The molecule has 0 atom stereocenters. The lowest BCUT2D eigenvalue weighted by molar-refractivity contribution is 0.0948. The molecule has 0 aromatic heterocycles. The van der Waals surface area contributed by atoms with Crippen LogP contribution in [0.2, 0.25) is 0 Å². The maximum Gasteiger partial charge on any atom is 0.251 e. The summed E-state index contributed by atoms with van der Waals surface area (Å²) >= 11 is 0. The van der Waals surface area contributed by atoms with Crippen molar-refractivity contribution in [2.24, 2.45) is 0 Å². The van der Waals surface area contributed by atoms with Gasteiger partial charge in [-0.05, 0) is 49.7 Å². The molecule has 2 N–H and O–H groups in total. The van der Waals surface area contributed by atoms with Crippen LogP contribution in [0.4, 0.5) is 5.69 Å². The molecule has 0 radical (unpaired) electrons. The van der Waals surface area contributed by atoms with Gasteiger partial charge in [0.2, 0.25) is 0 Å². The third-order valence-electron chi connectivity index (χ3n) is 3.78. The number of carbonyl (C=O) groups is 1. The number of anilines is 1. The van der Waals surface area contributed by atoms with Gasteiger partial charge in [0.15, 0.2) is 0 Å². The lowest BCUT2D eigenvalue weighted by Gasteiger charge is -2.19. The van der Waals surface area contributed by atoms with Crippen LogP contribution in [0.25, 0.3) is 0 Å². The molecule has 0 aliphatic carbocycles. The van der Waals surface area contributed by atoms with Gasteiger partial charge in [-0.3, -0.25) is 4.79 Å².